The molecule has 2 heterocycles. The molecule has 0 aliphatic carbocycles. The molecule has 1 aromatic carbocycles. The van der Waals surface area contributed by atoms with Crippen LogP contribution in [0.3, 0.4) is 0 Å². The van der Waals surface area contributed by atoms with E-state index in [1.807, 2.05) is 23.6 Å². The Morgan fingerprint density at radius 3 is 2.68 bits per heavy atom. The molecule has 1 saturated heterocycles. The lowest BCUT2D eigenvalue weighted by Crippen LogP contribution is -2.44. The Hall–Kier alpha value is -2.60. The molecule has 2 N–H and O–H groups in total. The maximum Gasteiger partial charge on any atom is 0.250 e. The van der Waals surface area contributed by atoms with Crippen molar-refractivity contribution in [2.24, 2.45) is 4.99 Å². The van der Waals surface area contributed by atoms with Crippen LogP contribution in [0, 0.1) is 6.92 Å². The number of guanidine groups is 1. The Morgan fingerprint density at radius 1 is 1.13 bits per heavy atom. The van der Waals surface area contributed by atoms with Crippen LogP contribution in [-0.4, -0.2) is 47.1 Å². The van der Waals surface area contributed by atoms with E-state index in [0.717, 1.165) is 63.6 Å². The molecule has 3 rings (SSSR count). The molecule has 6 heteroatoms. The molecule has 0 spiro atoms. The van der Waals surface area contributed by atoms with E-state index in [1.54, 1.807) is 6.07 Å². The second kappa shape index (κ2) is 11.7. The Labute approximate surface area is 186 Å². The summed E-state index contributed by atoms with van der Waals surface area (Å²) in [6.07, 6.45) is 3.02. The molecular formula is C25H37N5O. The molecule has 168 valence electrons. The summed E-state index contributed by atoms with van der Waals surface area (Å²) in [4.78, 5) is 19.3. The van der Waals surface area contributed by atoms with Crippen molar-refractivity contribution >= 4 is 5.96 Å². The highest BCUT2D eigenvalue weighted by Crippen LogP contribution is 2.20. The van der Waals surface area contributed by atoms with Gasteiger partial charge in [0.1, 0.15) is 0 Å². The first kappa shape index (κ1) is 23.1. The molecule has 1 aromatic heterocycles. The standard InChI is InChI=1S/C25H37N5O/c1-4-26-25(27-15-8-9-16-30-20(2)11-10-14-24(30)31)28-23-17-21(3)29(19-23)18-22-12-6-5-7-13-22/h5-7,10-14,21,23H,4,8-9,15-19H2,1-3H3,(H2,26,27,28). The fourth-order valence-corrected chi connectivity index (χ4v) is 4.24. The van der Waals surface area contributed by atoms with Crippen LogP contribution in [0.2, 0.25) is 0 Å². The number of likely N-dealkylation sites (tertiary alicyclic amines) is 1. The fraction of sp³-hybridized carbons (Fsp3) is 0.520. The van der Waals surface area contributed by atoms with Gasteiger partial charge in [0.05, 0.1) is 0 Å². The Morgan fingerprint density at radius 2 is 1.94 bits per heavy atom. The van der Waals surface area contributed by atoms with E-state index in [4.69, 9.17) is 4.99 Å². The predicted octanol–water partition coefficient (Wildman–Crippen LogP) is 3.16. The molecule has 0 bridgehead atoms. The first-order valence-corrected chi connectivity index (χ1v) is 11.6. The summed E-state index contributed by atoms with van der Waals surface area (Å²) in [5, 5.41) is 7.01. The lowest BCUT2D eigenvalue weighted by atomic mass is 10.2. The van der Waals surface area contributed by atoms with Crippen molar-refractivity contribution in [3.63, 3.8) is 0 Å². The molecule has 0 amide bonds. The van der Waals surface area contributed by atoms with E-state index < -0.39 is 0 Å². The minimum absolute atomic E-state index is 0.0777. The highest BCUT2D eigenvalue weighted by molar-refractivity contribution is 5.80. The minimum Gasteiger partial charge on any atom is -0.357 e. The number of aromatic nitrogens is 1. The van der Waals surface area contributed by atoms with Gasteiger partial charge in [-0.05, 0) is 51.7 Å². The quantitative estimate of drug-likeness (QED) is 0.370. The van der Waals surface area contributed by atoms with Gasteiger partial charge >= 0.3 is 0 Å². The molecule has 1 aliphatic heterocycles. The van der Waals surface area contributed by atoms with Gasteiger partial charge in [-0.2, -0.15) is 0 Å². The maximum atomic E-state index is 12.0. The van der Waals surface area contributed by atoms with Crippen LogP contribution < -0.4 is 16.2 Å². The number of aryl methyl sites for hydroxylation is 1. The average molecular weight is 424 g/mol. The Bertz CT molecular complexity index is 892. The largest absolute Gasteiger partial charge is 0.357 e. The van der Waals surface area contributed by atoms with Crippen molar-refractivity contribution in [1.82, 2.24) is 20.1 Å². The van der Waals surface area contributed by atoms with Crippen molar-refractivity contribution in [2.45, 2.75) is 65.2 Å². The van der Waals surface area contributed by atoms with Gasteiger partial charge in [0, 0.05) is 56.6 Å². The zero-order chi connectivity index (χ0) is 22.1. The topological polar surface area (TPSA) is 61.7 Å². The van der Waals surface area contributed by atoms with Crippen molar-refractivity contribution < 1.29 is 0 Å². The number of rotatable bonds is 9. The zero-order valence-corrected chi connectivity index (χ0v) is 19.2. The van der Waals surface area contributed by atoms with Crippen molar-refractivity contribution in [3.05, 3.63) is 70.1 Å². The summed E-state index contributed by atoms with van der Waals surface area (Å²) in [7, 11) is 0. The fourth-order valence-electron chi connectivity index (χ4n) is 4.24. The highest BCUT2D eigenvalue weighted by Gasteiger charge is 2.29. The monoisotopic (exact) mass is 423 g/mol. The lowest BCUT2D eigenvalue weighted by molar-refractivity contribution is 0.258. The summed E-state index contributed by atoms with van der Waals surface area (Å²) >= 11 is 0. The van der Waals surface area contributed by atoms with Gasteiger partial charge in [0.2, 0.25) is 0 Å². The van der Waals surface area contributed by atoms with Crippen LogP contribution in [-0.2, 0) is 13.1 Å². The first-order chi connectivity index (χ1) is 15.1. The van der Waals surface area contributed by atoms with E-state index in [9.17, 15) is 4.79 Å². The maximum absolute atomic E-state index is 12.0. The normalized spacial score (nSPS) is 19.5. The summed E-state index contributed by atoms with van der Waals surface area (Å²) in [5.41, 5.74) is 2.46. The van der Waals surface area contributed by atoms with Crippen molar-refractivity contribution in [2.75, 3.05) is 19.6 Å². The highest BCUT2D eigenvalue weighted by atomic mass is 16.1. The summed E-state index contributed by atoms with van der Waals surface area (Å²) in [6, 6.07) is 17.1. The number of aliphatic imine (C=N–C) groups is 1. The molecule has 2 aromatic rings. The lowest BCUT2D eigenvalue weighted by Gasteiger charge is -2.21. The number of unbranched alkanes of at least 4 members (excludes halogenated alkanes) is 1. The van der Waals surface area contributed by atoms with Gasteiger partial charge in [-0.3, -0.25) is 14.7 Å². The van der Waals surface area contributed by atoms with Crippen molar-refractivity contribution in [3.8, 4) is 0 Å². The van der Waals surface area contributed by atoms with E-state index in [1.165, 1.54) is 5.56 Å². The van der Waals surface area contributed by atoms with Gasteiger partial charge < -0.3 is 15.2 Å². The Balaban J connectivity index is 1.46. The first-order valence-electron chi connectivity index (χ1n) is 11.6. The number of nitrogens with zero attached hydrogens (tertiary/aromatic N) is 3. The number of pyridine rings is 1. The second-order valence-electron chi connectivity index (χ2n) is 8.47. The van der Waals surface area contributed by atoms with Crippen LogP contribution in [0.5, 0.6) is 0 Å². The van der Waals surface area contributed by atoms with E-state index in [2.05, 4.69) is 59.7 Å². The minimum atomic E-state index is 0.0777. The van der Waals surface area contributed by atoms with E-state index in [0.29, 0.717) is 12.1 Å². The summed E-state index contributed by atoms with van der Waals surface area (Å²) in [6.45, 7) is 10.8. The number of nitrogens with one attached hydrogen (secondary N) is 2. The third-order valence-electron chi connectivity index (χ3n) is 5.95. The van der Waals surface area contributed by atoms with Crippen LogP contribution in [0.4, 0.5) is 0 Å². The third kappa shape index (κ3) is 6.96. The van der Waals surface area contributed by atoms with E-state index in [-0.39, 0.29) is 5.56 Å². The number of benzene rings is 1. The van der Waals surface area contributed by atoms with Crippen LogP contribution in [0.15, 0.2) is 58.3 Å². The molecule has 2 atom stereocenters. The van der Waals surface area contributed by atoms with E-state index >= 15 is 0 Å². The molecule has 0 radical (unpaired) electrons. The molecule has 1 fully saturated rings. The van der Waals surface area contributed by atoms with Gasteiger partial charge in [0.15, 0.2) is 5.96 Å². The Kier molecular flexibility index (Phi) is 8.71. The molecule has 0 saturated carbocycles. The number of hydrogen-bond donors (Lipinski definition) is 2. The number of hydrogen-bond acceptors (Lipinski definition) is 3. The van der Waals surface area contributed by atoms with Gasteiger partial charge in [-0.15, -0.1) is 0 Å². The molecular weight excluding hydrogens is 386 g/mol. The van der Waals surface area contributed by atoms with Crippen LogP contribution in [0.25, 0.3) is 0 Å². The molecule has 31 heavy (non-hydrogen) atoms. The van der Waals surface area contributed by atoms with Crippen molar-refractivity contribution in [1.29, 1.82) is 0 Å². The molecule has 6 nitrogen and oxygen atoms in total. The molecule has 2 unspecified atom stereocenters. The summed E-state index contributed by atoms with van der Waals surface area (Å²) < 4.78 is 1.84. The second-order valence-corrected chi connectivity index (χ2v) is 8.47. The summed E-state index contributed by atoms with van der Waals surface area (Å²) in [5.74, 6) is 0.898. The molecule has 1 aliphatic rings. The van der Waals surface area contributed by atoms with Crippen LogP contribution >= 0.6 is 0 Å². The van der Waals surface area contributed by atoms with Gasteiger partial charge in [-0.25, -0.2) is 0 Å². The smallest absolute Gasteiger partial charge is 0.250 e. The SMILES string of the molecule is CCNC(=NCCCCn1c(C)cccc1=O)NC1CC(C)N(Cc2ccccc2)C1. The van der Waals surface area contributed by atoms with Gasteiger partial charge in [0.25, 0.3) is 5.56 Å². The third-order valence-corrected chi connectivity index (χ3v) is 5.95. The van der Waals surface area contributed by atoms with Crippen LogP contribution in [0.1, 0.15) is 44.4 Å². The predicted molar refractivity (Wildman–Crippen MR) is 129 cm³/mol. The van der Waals surface area contributed by atoms with Gasteiger partial charge in [-0.1, -0.05) is 36.4 Å². The zero-order valence-electron chi connectivity index (χ0n) is 19.2. The average Bonchev–Trinajstić information content (AvgIpc) is 3.09.